The fourth-order valence-electron chi connectivity index (χ4n) is 0.752. The molecule has 1 aromatic heterocycles. The molecule has 3 nitrogen and oxygen atoms in total. The first kappa shape index (κ1) is 7.83. The zero-order valence-electron chi connectivity index (χ0n) is 6.42. The number of nitrogens with zero attached hydrogens (tertiary/aromatic N) is 1. The van der Waals surface area contributed by atoms with E-state index in [1.807, 2.05) is 6.92 Å². The fourth-order valence-corrected chi connectivity index (χ4v) is 0.752. The Morgan fingerprint density at radius 1 is 1.82 bits per heavy atom. The minimum absolute atomic E-state index is 0.574. The van der Waals surface area contributed by atoms with Gasteiger partial charge in [-0.3, -0.25) is 0 Å². The summed E-state index contributed by atoms with van der Waals surface area (Å²) < 4.78 is 4.73. The van der Waals surface area contributed by atoms with Crippen LogP contribution in [0.25, 0.3) is 0 Å². The Balaban J connectivity index is 2.40. The average molecular weight is 150 g/mol. The van der Waals surface area contributed by atoms with E-state index in [4.69, 9.17) is 10.9 Å². The second-order valence-electron chi connectivity index (χ2n) is 2.23. The smallest absolute Gasteiger partial charge is 0.128 e. The van der Waals surface area contributed by atoms with Crippen LogP contribution in [-0.2, 0) is 6.54 Å². The number of aryl methyl sites for hydroxylation is 1. The minimum Gasteiger partial charge on any atom is -0.364 e. The number of hydrogen-bond donors (Lipinski definition) is 1. The van der Waals surface area contributed by atoms with Crippen molar-refractivity contribution < 1.29 is 4.52 Å². The molecular weight excluding hydrogens is 140 g/mol. The molecule has 0 spiro atoms. The molecule has 0 aliphatic rings. The van der Waals surface area contributed by atoms with Crippen LogP contribution in [0.1, 0.15) is 11.3 Å². The molecule has 0 saturated carbocycles. The summed E-state index contributed by atoms with van der Waals surface area (Å²) in [6.45, 7) is 3.19. The van der Waals surface area contributed by atoms with Gasteiger partial charge in [-0.15, -0.1) is 6.42 Å². The van der Waals surface area contributed by atoms with Crippen molar-refractivity contribution in [2.75, 3.05) is 6.54 Å². The van der Waals surface area contributed by atoms with Gasteiger partial charge in [0.15, 0.2) is 0 Å². The van der Waals surface area contributed by atoms with E-state index in [-0.39, 0.29) is 0 Å². The Kier molecular flexibility index (Phi) is 2.70. The van der Waals surface area contributed by atoms with E-state index in [0.29, 0.717) is 6.54 Å². The molecule has 1 heterocycles. The van der Waals surface area contributed by atoms with Crippen LogP contribution in [-0.4, -0.2) is 11.7 Å². The summed E-state index contributed by atoms with van der Waals surface area (Å²) in [4.78, 5) is 0. The van der Waals surface area contributed by atoms with Crippen LogP contribution in [0.3, 0.4) is 0 Å². The van der Waals surface area contributed by atoms with Crippen LogP contribution in [0, 0.1) is 19.3 Å². The molecule has 0 fully saturated rings. The lowest BCUT2D eigenvalue weighted by atomic mass is 10.3. The average Bonchev–Trinajstić information content (AvgIpc) is 2.37. The first-order valence-corrected chi connectivity index (χ1v) is 3.38. The predicted octanol–water partition coefficient (Wildman–Crippen LogP) is 0.706. The van der Waals surface area contributed by atoms with Gasteiger partial charge < -0.3 is 9.84 Å². The maximum atomic E-state index is 5.05. The Bertz CT molecular complexity index is 259. The monoisotopic (exact) mass is 150 g/mol. The van der Waals surface area contributed by atoms with Gasteiger partial charge in [0.1, 0.15) is 6.26 Å². The highest BCUT2D eigenvalue weighted by Gasteiger charge is 1.99. The van der Waals surface area contributed by atoms with Gasteiger partial charge in [0.25, 0.3) is 0 Å². The summed E-state index contributed by atoms with van der Waals surface area (Å²) >= 11 is 0. The first-order chi connectivity index (χ1) is 5.34. The number of nitrogens with one attached hydrogen (secondary N) is 1. The number of rotatable bonds is 3. The zero-order valence-corrected chi connectivity index (χ0v) is 6.42. The molecule has 0 radical (unpaired) electrons. The molecule has 0 saturated heterocycles. The quantitative estimate of drug-likeness (QED) is 0.509. The van der Waals surface area contributed by atoms with Crippen molar-refractivity contribution in [3.8, 4) is 12.3 Å². The van der Waals surface area contributed by atoms with Crippen LogP contribution >= 0.6 is 0 Å². The largest absolute Gasteiger partial charge is 0.364 e. The Morgan fingerprint density at radius 3 is 3.18 bits per heavy atom. The fraction of sp³-hybridized carbons (Fsp3) is 0.375. The van der Waals surface area contributed by atoms with Gasteiger partial charge in [0, 0.05) is 12.1 Å². The maximum absolute atomic E-state index is 5.05. The molecule has 0 bridgehead atoms. The lowest BCUT2D eigenvalue weighted by molar-refractivity contribution is 0.414. The van der Waals surface area contributed by atoms with Crippen molar-refractivity contribution in [1.82, 2.24) is 10.5 Å². The van der Waals surface area contributed by atoms with Gasteiger partial charge >= 0.3 is 0 Å². The summed E-state index contributed by atoms with van der Waals surface area (Å²) in [5, 5.41) is 6.77. The van der Waals surface area contributed by atoms with Gasteiger partial charge in [-0.25, -0.2) is 0 Å². The van der Waals surface area contributed by atoms with Crippen molar-refractivity contribution in [3.63, 3.8) is 0 Å². The molecule has 1 N–H and O–H groups in total. The molecule has 0 amide bonds. The molecule has 1 aromatic rings. The SMILES string of the molecule is C#CCNCc1conc1C. The molecule has 58 valence electrons. The van der Waals surface area contributed by atoms with Gasteiger partial charge in [-0.2, -0.15) is 0 Å². The van der Waals surface area contributed by atoms with Crippen molar-refractivity contribution in [2.45, 2.75) is 13.5 Å². The third-order valence-corrected chi connectivity index (χ3v) is 1.39. The van der Waals surface area contributed by atoms with E-state index in [1.165, 1.54) is 0 Å². The molecule has 0 unspecified atom stereocenters. The lowest BCUT2D eigenvalue weighted by Gasteiger charge is -1.95. The summed E-state index contributed by atoms with van der Waals surface area (Å²) in [5.74, 6) is 2.49. The molecule has 11 heavy (non-hydrogen) atoms. The van der Waals surface area contributed by atoms with E-state index in [0.717, 1.165) is 17.8 Å². The van der Waals surface area contributed by atoms with Crippen LogP contribution in [0.2, 0.25) is 0 Å². The molecule has 0 atom stereocenters. The van der Waals surface area contributed by atoms with Gasteiger partial charge in [0.05, 0.1) is 12.2 Å². The number of terminal acetylenes is 1. The van der Waals surface area contributed by atoms with E-state index < -0.39 is 0 Å². The molecule has 0 aliphatic carbocycles. The third-order valence-electron chi connectivity index (χ3n) is 1.39. The minimum atomic E-state index is 0.574. The van der Waals surface area contributed by atoms with Crippen LogP contribution in [0.15, 0.2) is 10.8 Å². The molecule has 3 heteroatoms. The van der Waals surface area contributed by atoms with Crippen LogP contribution < -0.4 is 5.32 Å². The van der Waals surface area contributed by atoms with E-state index in [1.54, 1.807) is 6.26 Å². The highest BCUT2D eigenvalue weighted by Crippen LogP contribution is 2.02. The van der Waals surface area contributed by atoms with E-state index in [9.17, 15) is 0 Å². The van der Waals surface area contributed by atoms with E-state index >= 15 is 0 Å². The topological polar surface area (TPSA) is 38.1 Å². The van der Waals surface area contributed by atoms with Crippen LogP contribution in [0.4, 0.5) is 0 Å². The van der Waals surface area contributed by atoms with Crippen LogP contribution in [0.5, 0.6) is 0 Å². The van der Waals surface area contributed by atoms with Gasteiger partial charge in [-0.05, 0) is 6.92 Å². The van der Waals surface area contributed by atoms with Crippen molar-refractivity contribution in [1.29, 1.82) is 0 Å². The highest BCUT2D eigenvalue weighted by molar-refractivity contribution is 5.12. The zero-order chi connectivity index (χ0) is 8.10. The number of hydrogen-bond acceptors (Lipinski definition) is 3. The molecular formula is C8H10N2O. The van der Waals surface area contributed by atoms with Crippen molar-refractivity contribution in [2.24, 2.45) is 0 Å². The lowest BCUT2D eigenvalue weighted by Crippen LogP contribution is -2.13. The predicted molar refractivity (Wildman–Crippen MR) is 41.8 cm³/mol. The summed E-state index contributed by atoms with van der Waals surface area (Å²) in [5.41, 5.74) is 1.97. The third kappa shape index (κ3) is 2.10. The van der Waals surface area contributed by atoms with Crippen molar-refractivity contribution in [3.05, 3.63) is 17.5 Å². The molecule has 1 rings (SSSR count). The van der Waals surface area contributed by atoms with Gasteiger partial charge in [0.2, 0.25) is 0 Å². The van der Waals surface area contributed by atoms with E-state index in [2.05, 4.69) is 16.4 Å². The Labute approximate surface area is 65.8 Å². The highest BCUT2D eigenvalue weighted by atomic mass is 16.5. The van der Waals surface area contributed by atoms with Gasteiger partial charge in [-0.1, -0.05) is 11.1 Å². The normalized spacial score (nSPS) is 9.45. The Morgan fingerprint density at radius 2 is 2.64 bits per heavy atom. The first-order valence-electron chi connectivity index (χ1n) is 3.38. The molecule has 0 aromatic carbocycles. The second-order valence-corrected chi connectivity index (χ2v) is 2.23. The number of aromatic nitrogens is 1. The maximum Gasteiger partial charge on any atom is 0.128 e. The standard InChI is InChI=1S/C8H10N2O/c1-3-4-9-5-8-6-11-10-7(8)2/h1,6,9H,4-5H2,2H3. The van der Waals surface area contributed by atoms with Crippen molar-refractivity contribution >= 4 is 0 Å². The second kappa shape index (κ2) is 3.79. The summed E-state index contributed by atoms with van der Waals surface area (Å²) in [6.07, 6.45) is 6.68. The molecule has 0 aliphatic heterocycles. The summed E-state index contributed by atoms with van der Waals surface area (Å²) in [7, 11) is 0. The summed E-state index contributed by atoms with van der Waals surface area (Å²) in [6, 6.07) is 0. The Hall–Kier alpha value is -1.27.